The van der Waals surface area contributed by atoms with E-state index < -0.39 is 0 Å². The third kappa shape index (κ3) is 3.04. The highest BCUT2D eigenvalue weighted by molar-refractivity contribution is 7.09. The lowest BCUT2D eigenvalue weighted by Crippen LogP contribution is -2.48. The fourth-order valence-electron chi connectivity index (χ4n) is 2.06. The summed E-state index contributed by atoms with van der Waals surface area (Å²) in [6.45, 7) is 8.95. The molecule has 2 heterocycles. The van der Waals surface area contributed by atoms with Gasteiger partial charge in [-0.15, -0.1) is 11.3 Å². The lowest BCUT2D eigenvalue weighted by molar-refractivity contribution is -0.132. The molecule has 1 aliphatic rings. The fourth-order valence-corrected chi connectivity index (χ4v) is 2.83. The minimum atomic E-state index is 0.244. The SMILES string of the molecule is CCN1CCN(C(=O)Cc2scnc2C)CC1. The third-order valence-electron chi connectivity index (χ3n) is 3.33. The topological polar surface area (TPSA) is 36.4 Å². The van der Waals surface area contributed by atoms with Crippen LogP contribution < -0.4 is 0 Å². The van der Waals surface area contributed by atoms with E-state index >= 15 is 0 Å². The second-order valence-corrected chi connectivity index (χ2v) is 5.29. The Morgan fingerprint density at radius 1 is 1.41 bits per heavy atom. The van der Waals surface area contributed by atoms with E-state index in [1.165, 1.54) is 0 Å². The molecule has 0 atom stereocenters. The van der Waals surface area contributed by atoms with Gasteiger partial charge in [0.2, 0.25) is 5.91 Å². The monoisotopic (exact) mass is 253 g/mol. The van der Waals surface area contributed by atoms with Crippen LogP contribution >= 0.6 is 11.3 Å². The summed E-state index contributed by atoms with van der Waals surface area (Å²) >= 11 is 1.58. The van der Waals surface area contributed by atoms with Crippen LogP contribution in [0.15, 0.2) is 5.51 Å². The number of piperazine rings is 1. The van der Waals surface area contributed by atoms with Crippen LogP contribution in [0.5, 0.6) is 0 Å². The molecule has 0 bridgehead atoms. The van der Waals surface area contributed by atoms with Crippen LogP contribution in [0, 0.1) is 6.92 Å². The Bertz CT molecular complexity index is 383. The van der Waals surface area contributed by atoms with E-state index in [0.29, 0.717) is 6.42 Å². The van der Waals surface area contributed by atoms with Crippen molar-refractivity contribution in [2.24, 2.45) is 0 Å². The summed E-state index contributed by atoms with van der Waals surface area (Å²) in [5.41, 5.74) is 2.81. The molecule has 1 amide bonds. The highest BCUT2D eigenvalue weighted by Crippen LogP contribution is 2.14. The summed E-state index contributed by atoms with van der Waals surface area (Å²) in [6, 6.07) is 0. The molecule has 4 nitrogen and oxygen atoms in total. The Hall–Kier alpha value is -0.940. The van der Waals surface area contributed by atoms with Crippen LogP contribution in [0.3, 0.4) is 0 Å². The maximum absolute atomic E-state index is 12.1. The summed E-state index contributed by atoms with van der Waals surface area (Å²) in [7, 11) is 0. The molecule has 17 heavy (non-hydrogen) atoms. The number of hydrogen-bond acceptors (Lipinski definition) is 4. The van der Waals surface area contributed by atoms with Crippen molar-refractivity contribution >= 4 is 17.2 Å². The van der Waals surface area contributed by atoms with Crippen molar-refractivity contribution in [2.45, 2.75) is 20.3 Å². The maximum atomic E-state index is 12.1. The molecular formula is C12H19N3OS. The smallest absolute Gasteiger partial charge is 0.227 e. The highest BCUT2D eigenvalue weighted by Gasteiger charge is 2.21. The average molecular weight is 253 g/mol. The number of hydrogen-bond donors (Lipinski definition) is 0. The van der Waals surface area contributed by atoms with Gasteiger partial charge in [0, 0.05) is 31.1 Å². The van der Waals surface area contributed by atoms with E-state index in [0.717, 1.165) is 43.3 Å². The fraction of sp³-hybridized carbons (Fsp3) is 0.667. The van der Waals surface area contributed by atoms with Gasteiger partial charge >= 0.3 is 0 Å². The maximum Gasteiger partial charge on any atom is 0.227 e. The molecule has 0 unspecified atom stereocenters. The van der Waals surface area contributed by atoms with Crippen LogP contribution in [-0.4, -0.2) is 53.4 Å². The Kier molecular flexibility index (Phi) is 4.12. The standard InChI is InChI=1S/C12H19N3OS/c1-3-14-4-6-15(7-5-14)12(16)8-11-10(2)13-9-17-11/h9H,3-8H2,1-2H3. The minimum Gasteiger partial charge on any atom is -0.340 e. The molecule has 0 N–H and O–H groups in total. The molecule has 94 valence electrons. The van der Waals surface area contributed by atoms with Gasteiger partial charge in [0.1, 0.15) is 0 Å². The zero-order valence-corrected chi connectivity index (χ0v) is 11.3. The van der Waals surface area contributed by atoms with Crippen molar-refractivity contribution in [2.75, 3.05) is 32.7 Å². The predicted octanol–water partition coefficient (Wildman–Crippen LogP) is 1.16. The van der Waals surface area contributed by atoms with E-state index in [2.05, 4.69) is 16.8 Å². The Labute approximate surface area is 106 Å². The zero-order valence-electron chi connectivity index (χ0n) is 10.5. The van der Waals surface area contributed by atoms with Crippen LogP contribution in [0.2, 0.25) is 0 Å². The first-order valence-electron chi connectivity index (χ1n) is 6.09. The molecule has 0 aliphatic carbocycles. The van der Waals surface area contributed by atoms with E-state index in [1.54, 1.807) is 11.3 Å². The highest BCUT2D eigenvalue weighted by atomic mass is 32.1. The van der Waals surface area contributed by atoms with Gasteiger partial charge in [0.25, 0.3) is 0 Å². The molecule has 1 saturated heterocycles. The summed E-state index contributed by atoms with van der Waals surface area (Å²) in [6.07, 6.45) is 0.516. The van der Waals surface area contributed by atoms with Gasteiger partial charge in [-0.05, 0) is 13.5 Å². The minimum absolute atomic E-state index is 0.244. The van der Waals surface area contributed by atoms with E-state index in [1.807, 2.05) is 17.3 Å². The third-order valence-corrected chi connectivity index (χ3v) is 4.26. The lowest BCUT2D eigenvalue weighted by atomic mass is 10.2. The number of amides is 1. The Balaban J connectivity index is 1.87. The van der Waals surface area contributed by atoms with E-state index in [9.17, 15) is 4.79 Å². The van der Waals surface area contributed by atoms with Gasteiger partial charge in [-0.25, -0.2) is 4.98 Å². The molecule has 1 aromatic rings. The van der Waals surface area contributed by atoms with Crippen molar-refractivity contribution in [3.8, 4) is 0 Å². The van der Waals surface area contributed by atoms with Crippen molar-refractivity contribution in [3.05, 3.63) is 16.1 Å². The summed E-state index contributed by atoms with van der Waals surface area (Å²) in [5.74, 6) is 0.244. The molecule has 0 saturated carbocycles. The van der Waals surface area contributed by atoms with E-state index in [-0.39, 0.29) is 5.91 Å². The summed E-state index contributed by atoms with van der Waals surface area (Å²) in [4.78, 5) is 21.7. The molecule has 1 fully saturated rings. The van der Waals surface area contributed by atoms with Gasteiger partial charge in [-0.3, -0.25) is 4.79 Å². The van der Waals surface area contributed by atoms with Gasteiger partial charge in [-0.1, -0.05) is 6.92 Å². The average Bonchev–Trinajstić information content (AvgIpc) is 2.75. The van der Waals surface area contributed by atoms with Crippen molar-refractivity contribution in [3.63, 3.8) is 0 Å². The molecule has 0 aromatic carbocycles. The largest absolute Gasteiger partial charge is 0.340 e. The quantitative estimate of drug-likeness (QED) is 0.811. The summed E-state index contributed by atoms with van der Waals surface area (Å²) < 4.78 is 0. The van der Waals surface area contributed by atoms with Gasteiger partial charge < -0.3 is 9.80 Å². The van der Waals surface area contributed by atoms with Crippen molar-refractivity contribution in [1.82, 2.24) is 14.8 Å². The first-order valence-corrected chi connectivity index (χ1v) is 6.97. The second kappa shape index (κ2) is 5.60. The predicted molar refractivity (Wildman–Crippen MR) is 69.2 cm³/mol. The van der Waals surface area contributed by atoms with Crippen molar-refractivity contribution in [1.29, 1.82) is 0 Å². The number of likely N-dealkylation sites (N-methyl/N-ethyl adjacent to an activating group) is 1. The lowest BCUT2D eigenvalue weighted by Gasteiger charge is -2.34. The van der Waals surface area contributed by atoms with Crippen LogP contribution in [-0.2, 0) is 11.2 Å². The number of carbonyl (C=O) groups is 1. The molecule has 1 aromatic heterocycles. The van der Waals surface area contributed by atoms with Gasteiger partial charge in [0.15, 0.2) is 0 Å². The number of aromatic nitrogens is 1. The normalized spacial score (nSPS) is 17.4. The molecular weight excluding hydrogens is 234 g/mol. The van der Waals surface area contributed by atoms with Crippen LogP contribution in [0.25, 0.3) is 0 Å². The molecule has 5 heteroatoms. The van der Waals surface area contributed by atoms with Crippen molar-refractivity contribution < 1.29 is 4.79 Å². The first kappa shape index (κ1) is 12.5. The molecule has 2 rings (SSSR count). The number of aryl methyl sites for hydroxylation is 1. The first-order chi connectivity index (χ1) is 8.20. The van der Waals surface area contributed by atoms with Crippen LogP contribution in [0.4, 0.5) is 0 Å². The van der Waals surface area contributed by atoms with Crippen LogP contribution in [0.1, 0.15) is 17.5 Å². The second-order valence-electron chi connectivity index (χ2n) is 4.35. The molecule has 1 aliphatic heterocycles. The number of rotatable bonds is 3. The number of thiazole rings is 1. The molecule has 0 radical (unpaired) electrons. The van der Waals surface area contributed by atoms with Gasteiger partial charge in [-0.2, -0.15) is 0 Å². The van der Waals surface area contributed by atoms with Gasteiger partial charge in [0.05, 0.1) is 17.6 Å². The number of nitrogens with zero attached hydrogens (tertiary/aromatic N) is 3. The number of carbonyl (C=O) groups excluding carboxylic acids is 1. The zero-order chi connectivity index (χ0) is 12.3. The Morgan fingerprint density at radius 3 is 2.65 bits per heavy atom. The van der Waals surface area contributed by atoms with E-state index in [4.69, 9.17) is 0 Å². The molecule has 0 spiro atoms. The summed E-state index contributed by atoms with van der Waals surface area (Å²) in [5, 5.41) is 0. The Morgan fingerprint density at radius 2 is 2.12 bits per heavy atom.